The second-order valence-electron chi connectivity index (χ2n) is 6.91. The van der Waals surface area contributed by atoms with Crippen molar-refractivity contribution in [2.75, 3.05) is 30.0 Å². The first-order chi connectivity index (χ1) is 12.2. The lowest BCUT2D eigenvalue weighted by molar-refractivity contribution is 0.303. The van der Waals surface area contributed by atoms with Crippen LogP contribution in [0.5, 0.6) is 0 Å². The van der Waals surface area contributed by atoms with Crippen LogP contribution < -0.4 is 9.80 Å². The standard InChI is InChI=1S/C22H20N2O/c1-4-15-11-12-19-20-17(13-23(19)3)18(5-2)24(16-9-7-6-8-10-16)22(14-25-22)21(15)20/h1,6-12H,5,13-14H2,2-3H3. The van der Waals surface area contributed by atoms with Crippen LogP contribution in [-0.4, -0.2) is 20.2 Å². The molecule has 3 aliphatic rings. The van der Waals surface area contributed by atoms with Crippen LogP contribution >= 0.6 is 0 Å². The van der Waals surface area contributed by atoms with Gasteiger partial charge in [0.05, 0.1) is 0 Å². The summed E-state index contributed by atoms with van der Waals surface area (Å²) in [5.41, 5.74) is 8.13. The van der Waals surface area contributed by atoms with Gasteiger partial charge in [0, 0.05) is 52.9 Å². The van der Waals surface area contributed by atoms with E-state index in [-0.39, 0.29) is 0 Å². The zero-order chi connectivity index (χ0) is 17.2. The number of fused-ring (bicyclic) bond motifs is 1. The summed E-state index contributed by atoms with van der Waals surface area (Å²) in [5, 5.41) is 0. The van der Waals surface area contributed by atoms with Crippen molar-refractivity contribution in [2.24, 2.45) is 0 Å². The van der Waals surface area contributed by atoms with E-state index >= 15 is 0 Å². The largest absolute Gasteiger partial charge is 0.370 e. The van der Waals surface area contributed by atoms with Crippen LogP contribution in [0, 0.1) is 12.3 Å². The van der Waals surface area contributed by atoms with E-state index in [2.05, 4.69) is 72.2 Å². The SMILES string of the molecule is C#Cc1ccc2c3c1C1(CO1)N(c1ccccc1)C(CC)=C3CN2C. The molecule has 1 atom stereocenters. The van der Waals surface area contributed by atoms with Gasteiger partial charge in [0.15, 0.2) is 5.72 Å². The zero-order valence-electron chi connectivity index (χ0n) is 14.5. The van der Waals surface area contributed by atoms with E-state index in [1.54, 1.807) is 0 Å². The molecule has 25 heavy (non-hydrogen) atoms. The van der Waals surface area contributed by atoms with Gasteiger partial charge in [-0.1, -0.05) is 31.0 Å². The third-order valence-corrected chi connectivity index (χ3v) is 5.58. The fourth-order valence-electron chi connectivity index (χ4n) is 4.50. The minimum absolute atomic E-state index is 0.450. The summed E-state index contributed by atoms with van der Waals surface area (Å²) >= 11 is 0. The van der Waals surface area contributed by atoms with Crippen molar-refractivity contribution in [3.8, 4) is 12.3 Å². The van der Waals surface area contributed by atoms with Crippen LogP contribution in [0.2, 0.25) is 0 Å². The molecule has 124 valence electrons. The maximum absolute atomic E-state index is 6.15. The van der Waals surface area contributed by atoms with Gasteiger partial charge < -0.3 is 14.5 Å². The van der Waals surface area contributed by atoms with Gasteiger partial charge in [-0.05, 0) is 30.7 Å². The molecule has 0 radical (unpaired) electrons. The molecule has 5 rings (SSSR count). The Morgan fingerprint density at radius 2 is 1.96 bits per heavy atom. The van der Waals surface area contributed by atoms with Crippen molar-refractivity contribution in [3.05, 3.63) is 64.9 Å². The lowest BCUT2D eigenvalue weighted by Crippen LogP contribution is -2.40. The van der Waals surface area contributed by atoms with Gasteiger partial charge in [0.1, 0.15) is 6.61 Å². The molecular formula is C22H20N2O. The zero-order valence-corrected chi connectivity index (χ0v) is 14.5. The highest BCUT2D eigenvalue weighted by Crippen LogP contribution is 2.58. The monoisotopic (exact) mass is 328 g/mol. The minimum Gasteiger partial charge on any atom is -0.370 e. The van der Waals surface area contributed by atoms with Crippen molar-refractivity contribution in [1.29, 1.82) is 0 Å². The molecule has 0 amide bonds. The van der Waals surface area contributed by atoms with E-state index in [4.69, 9.17) is 11.2 Å². The molecule has 3 aliphatic heterocycles. The van der Waals surface area contributed by atoms with E-state index in [0.29, 0.717) is 6.61 Å². The summed E-state index contributed by atoms with van der Waals surface area (Å²) < 4.78 is 6.15. The average Bonchev–Trinajstić information content (AvgIpc) is 3.36. The van der Waals surface area contributed by atoms with Crippen LogP contribution in [-0.2, 0) is 10.5 Å². The molecule has 3 nitrogen and oxygen atoms in total. The number of nitrogens with zero attached hydrogens (tertiary/aromatic N) is 2. The number of epoxide rings is 1. The topological polar surface area (TPSA) is 19.0 Å². The normalized spacial score (nSPS) is 23.1. The molecule has 1 fully saturated rings. The van der Waals surface area contributed by atoms with Gasteiger partial charge in [0.2, 0.25) is 0 Å². The van der Waals surface area contributed by atoms with Crippen LogP contribution in [0.25, 0.3) is 5.57 Å². The molecule has 1 spiro atoms. The molecule has 0 bridgehead atoms. The van der Waals surface area contributed by atoms with Crippen molar-refractivity contribution in [2.45, 2.75) is 19.1 Å². The average molecular weight is 328 g/mol. The number of anilines is 2. The summed E-state index contributed by atoms with van der Waals surface area (Å²) in [5.74, 6) is 2.90. The first-order valence-corrected chi connectivity index (χ1v) is 8.78. The number of benzene rings is 2. The van der Waals surface area contributed by atoms with E-state index in [9.17, 15) is 0 Å². The number of hydrogen-bond donors (Lipinski definition) is 0. The fourth-order valence-corrected chi connectivity index (χ4v) is 4.50. The summed E-state index contributed by atoms with van der Waals surface area (Å²) in [6, 6.07) is 14.7. The lowest BCUT2D eigenvalue weighted by atomic mass is 9.84. The van der Waals surface area contributed by atoms with Crippen LogP contribution in [0.15, 0.2) is 48.2 Å². The molecule has 1 saturated heterocycles. The van der Waals surface area contributed by atoms with Crippen LogP contribution in [0.4, 0.5) is 11.4 Å². The quantitative estimate of drug-likeness (QED) is 0.615. The Labute approximate surface area is 148 Å². The molecule has 0 N–H and O–H groups in total. The van der Waals surface area contributed by atoms with Crippen molar-refractivity contribution < 1.29 is 4.74 Å². The van der Waals surface area contributed by atoms with E-state index in [1.807, 2.05) is 0 Å². The van der Waals surface area contributed by atoms with Crippen LogP contribution in [0.1, 0.15) is 30.0 Å². The molecule has 2 aromatic carbocycles. The number of terminal acetylenes is 1. The van der Waals surface area contributed by atoms with Crippen molar-refractivity contribution in [1.82, 2.24) is 0 Å². The summed E-state index contributed by atoms with van der Waals surface area (Å²) in [6.45, 7) is 3.81. The first-order valence-electron chi connectivity index (χ1n) is 8.78. The second kappa shape index (κ2) is 4.91. The molecular weight excluding hydrogens is 308 g/mol. The van der Waals surface area contributed by atoms with Gasteiger partial charge in [0.25, 0.3) is 0 Å². The predicted octanol–water partition coefficient (Wildman–Crippen LogP) is 3.94. The van der Waals surface area contributed by atoms with Gasteiger partial charge in [-0.2, -0.15) is 0 Å². The van der Waals surface area contributed by atoms with Gasteiger partial charge in [-0.15, -0.1) is 6.42 Å². The Morgan fingerprint density at radius 3 is 2.60 bits per heavy atom. The maximum atomic E-state index is 6.15. The summed E-state index contributed by atoms with van der Waals surface area (Å²) in [6.07, 6.45) is 6.83. The van der Waals surface area contributed by atoms with Gasteiger partial charge in [-0.3, -0.25) is 0 Å². The third-order valence-electron chi connectivity index (χ3n) is 5.58. The smallest absolute Gasteiger partial charge is 0.197 e. The van der Waals surface area contributed by atoms with Gasteiger partial charge in [-0.25, -0.2) is 0 Å². The molecule has 1 unspecified atom stereocenters. The van der Waals surface area contributed by atoms with E-state index < -0.39 is 5.72 Å². The van der Waals surface area contributed by atoms with E-state index in [0.717, 1.165) is 24.2 Å². The highest BCUT2D eigenvalue weighted by molar-refractivity contribution is 5.94. The van der Waals surface area contributed by atoms with E-state index in [1.165, 1.54) is 28.1 Å². The number of para-hydroxylation sites is 1. The van der Waals surface area contributed by atoms with Gasteiger partial charge >= 0.3 is 0 Å². The van der Waals surface area contributed by atoms with Crippen molar-refractivity contribution in [3.63, 3.8) is 0 Å². The van der Waals surface area contributed by atoms with Crippen LogP contribution in [0.3, 0.4) is 0 Å². The summed E-state index contributed by atoms with van der Waals surface area (Å²) in [7, 11) is 2.15. The molecule has 0 aromatic heterocycles. The number of allylic oxidation sites excluding steroid dienone is 1. The Kier molecular flexibility index (Phi) is 2.87. The minimum atomic E-state index is -0.450. The molecule has 0 saturated carbocycles. The second-order valence-corrected chi connectivity index (χ2v) is 6.91. The Bertz CT molecular complexity index is 948. The first kappa shape index (κ1) is 14.6. The maximum Gasteiger partial charge on any atom is 0.197 e. The third kappa shape index (κ3) is 1.75. The number of likely N-dealkylation sites (N-methyl/N-ethyl adjacent to an activating group) is 1. The number of hydrogen-bond acceptors (Lipinski definition) is 3. The fraction of sp³-hybridized carbons (Fsp3) is 0.273. The number of rotatable bonds is 2. The molecule has 3 heterocycles. The highest BCUT2D eigenvalue weighted by Gasteiger charge is 2.59. The highest BCUT2D eigenvalue weighted by atomic mass is 16.6. The molecule has 3 heteroatoms. The molecule has 2 aromatic rings. The number of ether oxygens (including phenoxy) is 1. The summed E-state index contributed by atoms with van der Waals surface area (Å²) in [4.78, 5) is 4.70. The Morgan fingerprint density at radius 1 is 1.20 bits per heavy atom. The molecule has 0 aliphatic carbocycles. The Balaban J connectivity index is 1.87. The predicted molar refractivity (Wildman–Crippen MR) is 101 cm³/mol. The Hall–Kier alpha value is -2.70. The lowest BCUT2D eigenvalue weighted by Gasteiger charge is -2.39. The van der Waals surface area contributed by atoms with Crippen molar-refractivity contribution >= 4 is 16.9 Å².